The first kappa shape index (κ1) is 13.8. The Kier molecular flexibility index (Phi) is 5.43. The second-order valence-corrected chi connectivity index (χ2v) is 6.52. The minimum Gasteiger partial charge on any atom is -0.381 e. The molecule has 2 rings (SSSR count). The van der Waals surface area contributed by atoms with Crippen LogP contribution in [0.3, 0.4) is 0 Å². The number of benzene rings is 1. The van der Waals surface area contributed by atoms with Gasteiger partial charge in [-0.15, -0.1) is 11.8 Å². The van der Waals surface area contributed by atoms with Gasteiger partial charge in [0.1, 0.15) is 0 Å². The summed E-state index contributed by atoms with van der Waals surface area (Å²) in [6.07, 6.45) is 6.84. The standard InChI is InChI=1S/C16H25NS/c1-3-13-8-7-9-14(12-13)17-15-10-5-6-11-16(15)18-4-2/h5-6,10-11,13-14,17H,3-4,7-9,12H2,1-2H3. The summed E-state index contributed by atoms with van der Waals surface area (Å²) in [4.78, 5) is 1.40. The molecule has 0 spiro atoms. The third-order valence-corrected chi connectivity index (χ3v) is 4.86. The van der Waals surface area contributed by atoms with E-state index >= 15 is 0 Å². The summed E-state index contributed by atoms with van der Waals surface area (Å²) in [5.74, 6) is 2.07. The van der Waals surface area contributed by atoms with Gasteiger partial charge in [0.25, 0.3) is 0 Å². The normalized spacial score (nSPS) is 23.9. The molecule has 2 atom stereocenters. The maximum absolute atomic E-state index is 3.78. The van der Waals surface area contributed by atoms with Gasteiger partial charge in [-0.1, -0.05) is 45.2 Å². The molecule has 0 heterocycles. The van der Waals surface area contributed by atoms with Crippen molar-refractivity contribution in [3.05, 3.63) is 24.3 Å². The topological polar surface area (TPSA) is 12.0 Å². The van der Waals surface area contributed by atoms with Crippen LogP contribution in [0.2, 0.25) is 0 Å². The molecule has 2 unspecified atom stereocenters. The van der Waals surface area contributed by atoms with E-state index in [0.717, 1.165) is 11.7 Å². The number of rotatable bonds is 5. The zero-order valence-electron chi connectivity index (χ0n) is 11.6. The monoisotopic (exact) mass is 263 g/mol. The molecule has 1 aliphatic carbocycles. The van der Waals surface area contributed by atoms with Gasteiger partial charge in [0.15, 0.2) is 0 Å². The summed E-state index contributed by atoms with van der Waals surface area (Å²) in [7, 11) is 0. The predicted molar refractivity (Wildman–Crippen MR) is 82.5 cm³/mol. The molecule has 0 aliphatic heterocycles. The first-order valence-electron chi connectivity index (χ1n) is 7.31. The maximum atomic E-state index is 3.78. The van der Waals surface area contributed by atoms with Crippen molar-refractivity contribution in [1.29, 1.82) is 0 Å². The summed E-state index contributed by atoms with van der Waals surface area (Å²) in [5, 5.41) is 3.78. The van der Waals surface area contributed by atoms with E-state index in [9.17, 15) is 0 Å². The summed E-state index contributed by atoms with van der Waals surface area (Å²) in [6.45, 7) is 4.54. The molecule has 18 heavy (non-hydrogen) atoms. The molecular weight excluding hydrogens is 238 g/mol. The molecule has 2 heteroatoms. The van der Waals surface area contributed by atoms with Crippen molar-refractivity contribution < 1.29 is 0 Å². The highest BCUT2D eigenvalue weighted by atomic mass is 32.2. The number of hydrogen-bond acceptors (Lipinski definition) is 2. The van der Waals surface area contributed by atoms with Crippen LogP contribution in [-0.4, -0.2) is 11.8 Å². The van der Waals surface area contributed by atoms with Crippen molar-refractivity contribution >= 4 is 17.4 Å². The Hall–Kier alpha value is -0.630. The molecule has 1 aliphatic rings. The molecular formula is C16H25NS. The zero-order chi connectivity index (χ0) is 12.8. The lowest BCUT2D eigenvalue weighted by molar-refractivity contribution is 0.327. The highest BCUT2D eigenvalue weighted by molar-refractivity contribution is 7.99. The van der Waals surface area contributed by atoms with E-state index in [4.69, 9.17) is 0 Å². The van der Waals surface area contributed by atoms with Crippen LogP contribution in [0.15, 0.2) is 29.2 Å². The summed E-state index contributed by atoms with van der Waals surface area (Å²) in [5.41, 5.74) is 1.34. The quantitative estimate of drug-likeness (QED) is 0.735. The Labute approximate surface area is 116 Å². The minimum absolute atomic E-state index is 0.683. The van der Waals surface area contributed by atoms with Gasteiger partial charge in [0.05, 0.1) is 0 Å². The fourth-order valence-corrected chi connectivity index (χ4v) is 3.65. The number of hydrogen-bond donors (Lipinski definition) is 1. The number of para-hydroxylation sites is 1. The molecule has 0 radical (unpaired) electrons. The average Bonchev–Trinajstić information content (AvgIpc) is 2.41. The van der Waals surface area contributed by atoms with Crippen LogP contribution >= 0.6 is 11.8 Å². The second-order valence-electron chi connectivity index (χ2n) is 5.21. The van der Waals surface area contributed by atoms with Crippen LogP contribution in [0.25, 0.3) is 0 Å². The van der Waals surface area contributed by atoms with E-state index in [1.54, 1.807) is 0 Å². The van der Waals surface area contributed by atoms with Crippen LogP contribution in [0.1, 0.15) is 46.0 Å². The summed E-state index contributed by atoms with van der Waals surface area (Å²) < 4.78 is 0. The molecule has 0 bridgehead atoms. The first-order chi connectivity index (χ1) is 8.83. The fourth-order valence-electron chi connectivity index (χ4n) is 2.88. The molecule has 0 aromatic heterocycles. The van der Waals surface area contributed by atoms with E-state index in [-0.39, 0.29) is 0 Å². The van der Waals surface area contributed by atoms with Crippen LogP contribution in [0, 0.1) is 5.92 Å². The number of anilines is 1. The Morgan fingerprint density at radius 1 is 1.22 bits per heavy atom. The Morgan fingerprint density at radius 3 is 2.83 bits per heavy atom. The van der Waals surface area contributed by atoms with Gasteiger partial charge in [0.2, 0.25) is 0 Å². The SMILES string of the molecule is CCSc1ccccc1NC1CCCC(CC)C1. The maximum Gasteiger partial charge on any atom is 0.0480 e. The Balaban J connectivity index is 1.99. The molecule has 100 valence electrons. The third kappa shape index (κ3) is 3.68. The van der Waals surface area contributed by atoms with E-state index in [2.05, 4.69) is 43.4 Å². The fraction of sp³-hybridized carbons (Fsp3) is 0.625. The smallest absolute Gasteiger partial charge is 0.0480 e. The highest BCUT2D eigenvalue weighted by Crippen LogP contribution is 2.32. The summed E-state index contributed by atoms with van der Waals surface area (Å²) in [6, 6.07) is 9.42. The molecule has 1 aromatic carbocycles. The van der Waals surface area contributed by atoms with Gasteiger partial charge < -0.3 is 5.32 Å². The van der Waals surface area contributed by atoms with E-state index in [1.165, 1.54) is 42.7 Å². The van der Waals surface area contributed by atoms with Gasteiger partial charge in [-0.25, -0.2) is 0 Å². The Bertz CT molecular complexity index is 364. The van der Waals surface area contributed by atoms with Gasteiger partial charge in [-0.3, -0.25) is 0 Å². The first-order valence-corrected chi connectivity index (χ1v) is 8.30. The molecule has 1 saturated carbocycles. The average molecular weight is 263 g/mol. The van der Waals surface area contributed by atoms with Crippen molar-refractivity contribution in [1.82, 2.24) is 0 Å². The van der Waals surface area contributed by atoms with Gasteiger partial charge in [-0.2, -0.15) is 0 Å². The zero-order valence-corrected chi connectivity index (χ0v) is 12.4. The lowest BCUT2D eigenvalue weighted by Crippen LogP contribution is -2.27. The molecule has 1 nitrogen and oxygen atoms in total. The molecule has 1 N–H and O–H groups in total. The van der Waals surface area contributed by atoms with Crippen LogP contribution in [0.5, 0.6) is 0 Å². The predicted octanol–water partition coefficient (Wildman–Crippen LogP) is 5.18. The van der Waals surface area contributed by atoms with Crippen molar-refractivity contribution in [2.45, 2.75) is 56.9 Å². The van der Waals surface area contributed by atoms with Crippen molar-refractivity contribution in [2.75, 3.05) is 11.1 Å². The van der Waals surface area contributed by atoms with Gasteiger partial charge in [-0.05, 0) is 36.6 Å². The van der Waals surface area contributed by atoms with Crippen molar-refractivity contribution in [3.8, 4) is 0 Å². The molecule has 1 fully saturated rings. The second kappa shape index (κ2) is 7.08. The molecule has 0 amide bonds. The van der Waals surface area contributed by atoms with Gasteiger partial charge in [0, 0.05) is 16.6 Å². The minimum atomic E-state index is 0.683. The van der Waals surface area contributed by atoms with E-state index in [1.807, 2.05) is 11.8 Å². The third-order valence-electron chi connectivity index (χ3n) is 3.91. The summed E-state index contributed by atoms with van der Waals surface area (Å²) >= 11 is 1.93. The lowest BCUT2D eigenvalue weighted by Gasteiger charge is -2.30. The van der Waals surface area contributed by atoms with Crippen LogP contribution in [-0.2, 0) is 0 Å². The largest absolute Gasteiger partial charge is 0.381 e. The van der Waals surface area contributed by atoms with Gasteiger partial charge >= 0.3 is 0 Å². The van der Waals surface area contributed by atoms with E-state index < -0.39 is 0 Å². The molecule has 0 saturated heterocycles. The van der Waals surface area contributed by atoms with Crippen molar-refractivity contribution in [2.24, 2.45) is 5.92 Å². The highest BCUT2D eigenvalue weighted by Gasteiger charge is 2.20. The molecule has 1 aromatic rings. The van der Waals surface area contributed by atoms with E-state index in [0.29, 0.717) is 6.04 Å². The number of nitrogens with one attached hydrogen (secondary N) is 1. The number of thioether (sulfide) groups is 1. The van der Waals surface area contributed by atoms with Crippen LogP contribution < -0.4 is 5.32 Å². The van der Waals surface area contributed by atoms with Crippen molar-refractivity contribution in [3.63, 3.8) is 0 Å². The lowest BCUT2D eigenvalue weighted by atomic mass is 9.84. The Morgan fingerprint density at radius 2 is 2.06 bits per heavy atom. The van der Waals surface area contributed by atoms with Crippen LogP contribution in [0.4, 0.5) is 5.69 Å².